The molecular weight excluding hydrogens is 430 g/mol. The van der Waals surface area contributed by atoms with Crippen LogP contribution in [0.4, 0.5) is 5.69 Å². The van der Waals surface area contributed by atoms with Crippen molar-refractivity contribution in [3.8, 4) is 11.5 Å². The fourth-order valence-corrected chi connectivity index (χ4v) is 6.24. The van der Waals surface area contributed by atoms with Crippen molar-refractivity contribution in [1.29, 1.82) is 0 Å². The van der Waals surface area contributed by atoms with E-state index in [1.165, 1.54) is 10.4 Å². The molecule has 8 nitrogen and oxygen atoms in total. The van der Waals surface area contributed by atoms with E-state index in [0.29, 0.717) is 42.4 Å². The minimum absolute atomic E-state index is 0.197. The Morgan fingerprint density at radius 2 is 1.62 bits per heavy atom. The standard InChI is InChI=1S/C23H27N3O5S/c27-23(24-15-17-5-8-20-21(13-17)31-16-30-20)18-6-7-19(25-9-1-2-10-25)22(14-18)32(28,29)26-11-3-4-12-26/h5-8,13-14H,1-4,9-12,15-16H2,(H,24,27). The highest BCUT2D eigenvalue weighted by molar-refractivity contribution is 7.89. The van der Waals surface area contributed by atoms with Crippen molar-refractivity contribution in [1.82, 2.24) is 9.62 Å². The van der Waals surface area contributed by atoms with Crippen LogP contribution in [0.3, 0.4) is 0 Å². The summed E-state index contributed by atoms with van der Waals surface area (Å²) in [6.07, 6.45) is 3.82. The van der Waals surface area contributed by atoms with Crippen LogP contribution in [0.25, 0.3) is 0 Å². The van der Waals surface area contributed by atoms with Gasteiger partial charge in [0.2, 0.25) is 16.8 Å². The third-order valence-corrected chi connectivity index (χ3v) is 8.17. The number of carbonyl (C=O) groups excluding carboxylic acids is 1. The summed E-state index contributed by atoms with van der Waals surface area (Å²) >= 11 is 0. The molecule has 1 N–H and O–H groups in total. The van der Waals surface area contributed by atoms with E-state index in [9.17, 15) is 13.2 Å². The SMILES string of the molecule is O=C(NCc1ccc2c(c1)OCO2)c1ccc(N2CCCC2)c(S(=O)(=O)N2CCCC2)c1. The highest BCUT2D eigenvalue weighted by Gasteiger charge is 2.32. The number of rotatable bonds is 6. The van der Waals surface area contributed by atoms with Crippen molar-refractivity contribution in [2.45, 2.75) is 37.1 Å². The van der Waals surface area contributed by atoms with Gasteiger partial charge in [0.05, 0.1) is 5.69 Å². The maximum absolute atomic E-state index is 13.4. The predicted octanol–water partition coefficient (Wildman–Crippen LogP) is 2.73. The summed E-state index contributed by atoms with van der Waals surface area (Å²) < 4.78 is 39.1. The van der Waals surface area contributed by atoms with Gasteiger partial charge in [-0.1, -0.05) is 6.07 Å². The summed E-state index contributed by atoms with van der Waals surface area (Å²) in [4.78, 5) is 15.2. The van der Waals surface area contributed by atoms with Crippen molar-refractivity contribution in [3.05, 3.63) is 47.5 Å². The Hall–Kier alpha value is -2.78. The Bertz CT molecular complexity index is 1120. The van der Waals surface area contributed by atoms with Crippen LogP contribution < -0.4 is 19.7 Å². The molecule has 9 heteroatoms. The van der Waals surface area contributed by atoms with Gasteiger partial charge in [-0.2, -0.15) is 4.31 Å². The van der Waals surface area contributed by atoms with Gasteiger partial charge in [-0.25, -0.2) is 8.42 Å². The second-order valence-corrected chi connectivity index (χ2v) is 10.3. The molecule has 1 amide bonds. The molecule has 0 spiro atoms. The van der Waals surface area contributed by atoms with Crippen LogP contribution in [0.5, 0.6) is 11.5 Å². The largest absolute Gasteiger partial charge is 0.454 e. The highest BCUT2D eigenvalue weighted by atomic mass is 32.2. The van der Waals surface area contributed by atoms with Crippen molar-refractivity contribution in [2.75, 3.05) is 37.9 Å². The summed E-state index contributed by atoms with van der Waals surface area (Å²) in [6, 6.07) is 10.6. The van der Waals surface area contributed by atoms with Crippen LogP contribution in [0, 0.1) is 0 Å². The molecule has 170 valence electrons. The van der Waals surface area contributed by atoms with Gasteiger partial charge in [-0.05, 0) is 61.6 Å². The molecule has 0 aromatic heterocycles. The van der Waals surface area contributed by atoms with Crippen molar-refractivity contribution in [3.63, 3.8) is 0 Å². The Balaban J connectivity index is 1.39. The first-order valence-electron chi connectivity index (χ1n) is 11.1. The molecule has 3 heterocycles. The Labute approximate surface area is 188 Å². The number of benzene rings is 2. The second kappa shape index (κ2) is 8.63. The number of anilines is 1. The molecular formula is C23H27N3O5S. The van der Waals surface area contributed by atoms with Crippen LogP contribution >= 0.6 is 0 Å². The van der Waals surface area contributed by atoms with E-state index in [2.05, 4.69) is 10.2 Å². The van der Waals surface area contributed by atoms with Gasteiger partial charge >= 0.3 is 0 Å². The number of hydrogen-bond donors (Lipinski definition) is 1. The lowest BCUT2D eigenvalue weighted by molar-refractivity contribution is 0.0950. The van der Waals surface area contributed by atoms with Crippen LogP contribution in [-0.4, -0.2) is 51.6 Å². The topological polar surface area (TPSA) is 88.2 Å². The maximum Gasteiger partial charge on any atom is 0.251 e. The molecule has 32 heavy (non-hydrogen) atoms. The van der Waals surface area contributed by atoms with E-state index in [1.807, 2.05) is 18.2 Å². The summed E-state index contributed by atoms with van der Waals surface area (Å²) in [5.74, 6) is 1.04. The molecule has 3 aliphatic rings. The van der Waals surface area contributed by atoms with Gasteiger partial charge in [0.1, 0.15) is 4.90 Å². The molecule has 3 aliphatic heterocycles. The Morgan fingerprint density at radius 3 is 2.41 bits per heavy atom. The van der Waals surface area contributed by atoms with Crippen molar-refractivity contribution in [2.24, 2.45) is 0 Å². The van der Waals surface area contributed by atoms with E-state index in [4.69, 9.17) is 9.47 Å². The summed E-state index contributed by atoms with van der Waals surface area (Å²) in [5, 5.41) is 2.89. The lowest BCUT2D eigenvalue weighted by Gasteiger charge is -2.24. The summed E-state index contributed by atoms with van der Waals surface area (Å²) in [7, 11) is -3.66. The number of fused-ring (bicyclic) bond motifs is 1. The summed E-state index contributed by atoms with van der Waals surface area (Å²) in [5.41, 5.74) is 1.91. The lowest BCUT2D eigenvalue weighted by Crippen LogP contribution is -2.31. The van der Waals surface area contributed by atoms with E-state index in [-0.39, 0.29) is 17.6 Å². The fourth-order valence-electron chi connectivity index (χ4n) is 4.48. The van der Waals surface area contributed by atoms with Gasteiger partial charge in [0.25, 0.3) is 5.91 Å². The smallest absolute Gasteiger partial charge is 0.251 e. The number of ether oxygens (including phenoxy) is 2. The first kappa shape index (κ1) is 21.1. The molecule has 0 aliphatic carbocycles. The summed E-state index contributed by atoms with van der Waals surface area (Å²) in [6.45, 7) is 3.22. The molecule has 5 rings (SSSR count). The first-order valence-corrected chi connectivity index (χ1v) is 12.5. The average molecular weight is 458 g/mol. The fraction of sp³-hybridized carbons (Fsp3) is 0.435. The first-order chi connectivity index (χ1) is 15.5. The van der Waals surface area contributed by atoms with E-state index in [1.54, 1.807) is 12.1 Å². The number of nitrogens with zero attached hydrogens (tertiary/aromatic N) is 2. The Kier molecular flexibility index (Phi) is 5.69. The van der Waals surface area contributed by atoms with Crippen molar-refractivity contribution >= 4 is 21.6 Å². The number of carbonyl (C=O) groups is 1. The van der Waals surface area contributed by atoms with E-state index >= 15 is 0 Å². The third-order valence-electron chi connectivity index (χ3n) is 6.24. The lowest BCUT2D eigenvalue weighted by atomic mass is 10.1. The van der Waals surface area contributed by atoms with Crippen LogP contribution in [0.1, 0.15) is 41.6 Å². The zero-order valence-corrected chi connectivity index (χ0v) is 18.7. The number of hydrogen-bond acceptors (Lipinski definition) is 6. The van der Waals surface area contributed by atoms with Gasteiger partial charge in [-0.3, -0.25) is 4.79 Å². The highest BCUT2D eigenvalue weighted by Crippen LogP contribution is 2.34. The van der Waals surface area contributed by atoms with Crippen LogP contribution in [0.2, 0.25) is 0 Å². The molecule has 0 atom stereocenters. The van der Waals surface area contributed by atoms with E-state index < -0.39 is 10.0 Å². The zero-order chi connectivity index (χ0) is 22.1. The normalized spacial score (nSPS) is 18.3. The molecule has 0 bridgehead atoms. The Morgan fingerprint density at radius 1 is 0.906 bits per heavy atom. The van der Waals surface area contributed by atoms with Crippen LogP contribution in [-0.2, 0) is 16.6 Å². The predicted molar refractivity (Wildman–Crippen MR) is 120 cm³/mol. The van der Waals surface area contributed by atoms with Crippen molar-refractivity contribution < 1.29 is 22.7 Å². The quantitative estimate of drug-likeness (QED) is 0.718. The minimum Gasteiger partial charge on any atom is -0.454 e. The monoisotopic (exact) mass is 457 g/mol. The number of amides is 1. The van der Waals surface area contributed by atoms with Gasteiger partial charge in [0, 0.05) is 38.3 Å². The molecule has 2 saturated heterocycles. The number of nitrogens with one attached hydrogen (secondary N) is 1. The molecule has 0 unspecified atom stereocenters. The second-order valence-electron chi connectivity index (χ2n) is 8.36. The molecule has 2 fully saturated rings. The molecule has 0 saturated carbocycles. The molecule has 2 aromatic carbocycles. The number of sulfonamides is 1. The third kappa shape index (κ3) is 4.02. The van der Waals surface area contributed by atoms with Crippen LogP contribution in [0.15, 0.2) is 41.3 Å². The molecule has 2 aromatic rings. The van der Waals surface area contributed by atoms with Gasteiger partial charge < -0.3 is 19.7 Å². The zero-order valence-electron chi connectivity index (χ0n) is 17.9. The van der Waals surface area contributed by atoms with E-state index in [0.717, 1.165) is 44.3 Å². The minimum atomic E-state index is -3.66. The van der Waals surface area contributed by atoms with Gasteiger partial charge in [-0.15, -0.1) is 0 Å². The maximum atomic E-state index is 13.4. The molecule has 0 radical (unpaired) electrons. The average Bonchev–Trinajstić information content (AvgIpc) is 3.58. The van der Waals surface area contributed by atoms with Gasteiger partial charge in [0.15, 0.2) is 11.5 Å².